The van der Waals surface area contributed by atoms with Crippen molar-refractivity contribution in [2.75, 3.05) is 6.26 Å². The molecular weight excluding hydrogens is 206 g/mol. The molecule has 1 aromatic rings. The summed E-state index contributed by atoms with van der Waals surface area (Å²) in [7, 11) is -3.30. The van der Waals surface area contributed by atoms with Crippen molar-refractivity contribution < 1.29 is 18.7 Å². The minimum Gasteiger partial charge on any atom is -0.508 e. The van der Waals surface area contributed by atoms with Gasteiger partial charge in [-0.1, -0.05) is 6.07 Å². The van der Waals surface area contributed by atoms with E-state index in [1.165, 1.54) is 12.1 Å². The van der Waals surface area contributed by atoms with Crippen LogP contribution in [0.4, 0.5) is 0 Å². The van der Waals surface area contributed by atoms with E-state index in [-0.39, 0.29) is 17.2 Å². The van der Waals surface area contributed by atoms with Crippen molar-refractivity contribution in [3.63, 3.8) is 0 Å². The Balaban J connectivity index is 3.13. The second-order valence-corrected chi connectivity index (χ2v) is 4.91. The highest BCUT2D eigenvalue weighted by molar-refractivity contribution is 7.90. The van der Waals surface area contributed by atoms with Gasteiger partial charge in [-0.15, -0.1) is 0 Å². The number of hydrogen-bond donors (Lipinski definition) is 3. The molecule has 0 aliphatic carbocycles. The molecule has 1 aromatic carbocycles. The summed E-state index contributed by atoms with van der Waals surface area (Å²) in [5.74, 6) is -0.158. The molecule has 0 aromatic heterocycles. The van der Waals surface area contributed by atoms with E-state index < -0.39 is 9.84 Å². The number of phenols is 1. The van der Waals surface area contributed by atoms with Crippen LogP contribution in [0.1, 0.15) is 5.56 Å². The van der Waals surface area contributed by atoms with Gasteiger partial charge in [-0.25, -0.2) is 13.9 Å². The topological polar surface area (TPSA) is 86.6 Å². The van der Waals surface area contributed by atoms with Crippen molar-refractivity contribution in [1.29, 1.82) is 0 Å². The third-order valence-electron chi connectivity index (χ3n) is 1.75. The smallest absolute Gasteiger partial charge is 0.175 e. The predicted octanol–water partition coefficient (Wildman–Crippen LogP) is 0.275. The monoisotopic (exact) mass is 217 g/mol. The second kappa shape index (κ2) is 3.95. The van der Waals surface area contributed by atoms with Gasteiger partial charge in [0.15, 0.2) is 9.84 Å². The van der Waals surface area contributed by atoms with Crippen molar-refractivity contribution >= 4 is 9.84 Å². The maximum Gasteiger partial charge on any atom is 0.175 e. The minimum absolute atomic E-state index is 0.0525. The highest BCUT2D eigenvalue weighted by Crippen LogP contribution is 2.21. The first-order valence-electron chi connectivity index (χ1n) is 3.84. The number of aromatic hydroxyl groups is 1. The second-order valence-electron chi connectivity index (χ2n) is 2.90. The number of rotatable bonds is 3. The summed E-state index contributed by atoms with van der Waals surface area (Å²) in [4.78, 5) is 0.0525. The Labute approximate surface area is 81.9 Å². The molecule has 0 saturated heterocycles. The molecule has 0 unspecified atom stereocenters. The summed E-state index contributed by atoms with van der Waals surface area (Å²) in [6.07, 6.45) is 1.06. The largest absolute Gasteiger partial charge is 0.508 e. The molecule has 3 N–H and O–H groups in total. The van der Waals surface area contributed by atoms with Crippen LogP contribution in [-0.4, -0.2) is 25.0 Å². The van der Waals surface area contributed by atoms with E-state index in [0.29, 0.717) is 5.56 Å². The van der Waals surface area contributed by atoms with E-state index in [4.69, 9.17) is 5.21 Å². The van der Waals surface area contributed by atoms with Gasteiger partial charge in [0.05, 0.1) is 4.90 Å². The summed E-state index contributed by atoms with van der Waals surface area (Å²) >= 11 is 0. The normalized spacial score (nSPS) is 11.6. The Bertz CT molecular complexity index is 427. The Morgan fingerprint density at radius 1 is 1.43 bits per heavy atom. The lowest BCUT2D eigenvalue weighted by Gasteiger charge is -2.04. The third kappa shape index (κ3) is 2.44. The third-order valence-corrected chi connectivity index (χ3v) is 2.86. The molecule has 0 radical (unpaired) electrons. The Morgan fingerprint density at radius 2 is 2.07 bits per heavy atom. The highest BCUT2D eigenvalue weighted by Gasteiger charge is 2.09. The first-order valence-corrected chi connectivity index (χ1v) is 5.73. The van der Waals surface area contributed by atoms with E-state index in [0.717, 1.165) is 12.3 Å². The van der Waals surface area contributed by atoms with Gasteiger partial charge in [-0.3, -0.25) is 0 Å². The van der Waals surface area contributed by atoms with E-state index in [9.17, 15) is 13.5 Å². The number of hydrogen-bond acceptors (Lipinski definition) is 5. The van der Waals surface area contributed by atoms with Crippen LogP contribution in [0.5, 0.6) is 5.75 Å². The lowest BCUT2D eigenvalue weighted by molar-refractivity contribution is 0.160. The summed E-state index contributed by atoms with van der Waals surface area (Å²) in [5.41, 5.74) is 2.30. The van der Waals surface area contributed by atoms with Crippen LogP contribution < -0.4 is 5.48 Å². The standard InChI is InChI=1S/C8H11NO4S/c1-14(12,13)7-3-2-6(5-9-11)8(10)4-7/h2-4,9-11H,5H2,1H3. The zero-order chi connectivity index (χ0) is 10.8. The van der Waals surface area contributed by atoms with Crippen LogP contribution in [0.25, 0.3) is 0 Å². The molecule has 14 heavy (non-hydrogen) atoms. The van der Waals surface area contributed by atoms with Crippen molar-refractivity contribution in [3.05, 3.63) is 23.8 Å². The van der Waals surface area contributed by atoms with Crippen LogP contribution in [0.15, 0.2) is 23.1 Å². The lowest BCUT2D eigenvalue weighted by atomic mass is 10.2. The van der Waals surface area contributed by atoms with Gasteiger partial charge in [0.2, 0.25) is 0 Å². The maximum atomic E-state index is 11.1. The SMILES string of the molecule is CS(=O)(=O)c1ccc(CNO)c(O)c1. The minimum atomic E-state index is -3.30. The molecule has 78 valence electrons. The van der Waals surface area contributed by atoms with E-state index in [1.807, 2.05) is 5.48 Å². The van der Waals surface area contributed by atoms with Gasteiger partial charge in [0.25, 0.3) is 0 Å². The summed E-state index contributed by atoms with van der Waals surface area (Å²) in [5, 5.41) is 17.8. The summed E-state index contributed by atoms with van der Waals surface area (Å²) < 4.78 is 22.2. The van der Waals surface area contributed by atoms with Crippen molar-refractivity contribution in [2.24, 2.45) is 0 Å². The number of benzene rings is 1. The molecule has 0 saturated carbocycles. The zero-order valence-corrected chi connectivity index (χ0v) is 8.37. The summed E-state index contributed by atoms with van der Waals surface area (Å²) in [6.45, 7) is 0.0654. The Kier molecular flexibility index (Phi) is 3.10. The number of hydroxylamine groups is 1. The van der Waals surface area contributed by atoms with Crippen molar-refractivity contribution in [3.8, 4) is 5.75 Å². The molecule has 0 spiro atoms. The average Bonchev–Trinajstić information content (AvgIpc) is 2.07. The van der Waals surface area contributed by atoms with Gasteiger partial charge in [0, 0.05) is 18.4 Å². The number of sulfone groups is 1. The fourth-order valence-corrected chi connectivity index (χ4v) is 1.65. The quantitative estimate of drug-likeness (QED) is 0.633. The van der Waals surface area contributed by atoms with Crippen LogP contribution in [0.3, 0.4) is 0 Å². The molecule has 6 heteroatoms. The van der Waals surface area contributed by atoms with Crippen LogP contribution >= 0.6 is 0 Å². The van der Waals surface area contributed by atoms with Gasteiger partial charge in [-0.2, -0.15) is 0 Å². The molecule has 0 aliphatic heterocycles. The van der Waals surface area contributed by atoms with Crippen molar-refractivity contribution in [2.45, 2.75) is 11.4 Å². The van der Waals surface area contributed by atoms with E-state index in [1.54, 1.807) is 0 Å². The fraction of sp³-hybridized carbons (Fsp3) is 0.250. The molecule has 0 amide bonds. The van der Waals surface area contributed by atoms with Gasteiger partial charge in [0.1, 0.15) is 5.75 Å². The van der Waals surface area contributed by atoms with E-state index in [2.05, 4.69) is 0 Å². The Hall–Kier alpha value is -1.11. The van der Waals surface area contributed by atoms with E-state index >= 15 is 0 Å². The highest BCUT2D eigenvalue weighted by atomic mass is 32.2. The van der Waals surface area contributed by atoms with Crippen LogP contribution in [0, 0.1) is 0 Å². The van der Waals surface area contributed by atoms with Crippen LogP contribution in [0.2, 0.25) is 0 Å². The maximum absolute atomic E-state index is 11.1. The zero-order valence-electron chi connectivity index (χ0n) is 7.56. The predicted molar refractivity (Wildman–Crippen MR) is 49.8 cm³/mol. The lowest BCUT2D eigenvalue weighted by Crippen LogP contribution is -2.06. The molecule has 0 heterocycles. The number of phenolic OH excluding ortho intramolecular Hbond substituents is 1. The first-order chi connectivity index (χ1) is 6.45. The fourth-order valence-electron chi connectivity index (χ4n) is 1.01. The molecule has 0 aliphatic rings. The van der Waals surface area contributed by atoms with Gasteiger partial charge in [-0.05, 0) is 12.1 Å². The van der Waals surface area contributed by atoms with Gasteiger partial charge >= 0.3 is 0 Å². The number of nitrogens with one attached hydrogen (secondary N) is 1. The molecule has 0 atom stereocenters. The molecule has 0 fully saturated rings. The molecule has 0 bridgehead atoms. The van der Waals surface area contributed by atoms with Gasteiger partial charge < -0.3 is 10.3 Å². The Morgan fingerprint density at radius 3 is 2.50 bits per heavy atom. The molecule has 5 nitrogen and oxygen atoms in total. The van der Waals surface area contributed by atoms with Crippen molar-refractivity contribution in [1.82, 2.24) is 5.48 Å². The van der Waals surface area contributed by atoms with Crippen LogP contribution in [-0.2, 0) is 16.4 Å². The first kappa shape index (κ1) is 11.0. The summed E-state index contributed by atoms with van der Waals surface area (Å²) in [6, 6.07) is 3.97. The molecular formula is C8H11NO4S. The molecule has 1 rings (SSSR count). The average molecular weight is 217 g/mol.